The Morgan fingerprint density at radius 2 is 1.95 bits per heavy atom. The van der Waals surface area contributed by atoms with Crippen molar-refractivity contribution in [3.05, 3.63) is 0 Å². The molecule has 0 radical (unpaired) electrons. The summed E-state index contributed by atoms with van der Waals surface area (Å²) >= 11 is 1.86. The molecule has 0 aliphatic carbocycles. The number of methoxy groups -OCH3 is 1. The second-order valence-electron chi connectivity index (χ2n) is 4.60. The fourth-order valence-electron chi connectivity index (χ4n) is 1.37. The largest absolute Gasteiger partial charge is 0.460 e. The van der Waals surface area contributed by atoms with Gasteiger partial charge in [-0.05, 0) is 32.4 Å². The summed E-state index contributed by atoms with van der Waals surface area (Å²) < 4.78 is 10.3. The summed E-state index contributed by atoms with van der Waals surface area (Å²) in [7, 11) is 1.67. The molecule has 7 heteroatoms. The molecule has 0 rings (SSSR count). The highest BCUT2D eigenvalue weighted by atomic mass is 32.2. The Morgan fingerprint density at radius 3 is 2.33 bits per heavy atom. The van der Waals surface area contributed by atoms with Crippen molar-refractivity contribution in [2.75, 3.05) is 45.4 Å². The Labute approximate surface area is 134 Å². The van der Waals surface area contributed by atoms with Gasteiger partial charge in [0.25, 0.3) is 0 Å². The maximum Gasteiger partial charge on any atom is 0.324 e. The van der Waals surface area contributed by atoms with Gasteiger partial charge < -0.3 is 9.47 Å². The van der Waals surface area contributed by atoms with Crippen LogP contribution in [0, 0.1) is 0 Å². The van der Waals surface area contributed by atoms with E-state index in [0.717, 1.165) is 13.1 Å². The van der Waals surface area contributed by atoms with E-state index in [1.807, 2.05) is 18.7 Å². The number of hydrazine groups is 1. The molecule has 0 amide bonds. The maximum atomic E-state index is 11.5. The van der Waals surface area contributed by atoms with Crippen LogP contribution in [0.2, 0.25) is 0 Å². The summed E-state index contributed by atoms with van der Waals surface area (Å²) in [5.41, 5.74) is 2.36. The van der Waals surface area contributed by atoms with Crippen LogP contribution in [0.4, 0.5) is 0 Å². The molecule has 0 aromatic carbocycles. The van der Waals surface area contributed by atoms with Crippen molar-refractivity contribution in [1.82, 2.24) is 10.3 Å². The minimum Gasteiger partial charge on any atom is -0.460 e. The van der Waals surface area contributed by atoms with Crippen LogP contribution in [0.15, 0.2) is 0 Å². The number of ether oxygens (including phenoxy) is 2. The van der Waals surface area contributed by atoms with Gasteiger partial charge in [-0.15, -0.1) is 0 Å². The molecule has 0 aromatic rings. The van der Waals surface area contributed by atoms with Gasteiger partial charge in [0.1, 0.15) is 12.1 Å². The molecule has 0 heterocycles. The third kappa shape index (κ3) is 14.4. The number of nitrogens with zero attached hydrogens (tertiary/aromatic N) is 1. The molecule has 0 aliphatic rings. The number of carbonyl (C=O) groups is 1. The van der Waals surface area contributed by atoms with Gasteiger partial charge in [-0.25, -0.2) is 5.43 Å². The van der Waals surface area contributed by atoms with E-state index < -0.39 is 6.04 Å². The van der Waals surface area contributed by atoms with Crippen molar-refractivity contribution in [2.45, 2.75) is 39.8 Å². The maximum absolute atomic E-state index is 11.5. The zero-order valence-corrected chi connectivity index (χ0v) is 15.2. The van der Waals surface area contributed by atoms with Gasteiger partial charge in [0, 0.05) is 20.2 Å². The van der Waals surface area contributed by atoms with Crippen LogP contribution in [0.5, 0.6) is 0 Å². The van der Waals surface area contributed by atoms with E-state index in [1.54, 1.807) is 14.0 Å². The Kier molecular flexibility index (Phi) is 17.5. The van der Waals surface area contributed by atoms with Gasteiger partial charge in [0.15, 0.2) is 0 Å². The lowest BCUT2D eigenvalue weighted by molar-refractivity contribution is -0.151. The van der Waals surface area contributed by atoms with Crippen molar-refractivity contribution in [3.63, 3.8) is 0 Å². The predicted molar refractivity (Wildman–Crippen MR) is 90.4 cm³/mol. The van der Waals surface area contributed by atoms with E-state index in [1.165, 1.54) is 5.75 Å². The Bertz CT molecular complexity index is 244. The fraction of sp³-hybridized carbons (Fsp3) is 0.929. The van der Waals surface area contributed by atoms with Crippen LogP contribution in [0.25, 0.3) is 0 Å². The predicted octanol–water partition coefficient (Wildman–Crippen LogP) is 1.11. The lowest BCUT2D eigenvalue weighted by Crippen LogP contribution is -2.43. The molecule has 2 atom stereocenters. The first-order valence-electron chi connectivity index (χ1n) is 7.33. The molecule has 0 bridgehead atoms. The molecule has 0 aromatic heterocycles. The lowest BCUT2D eigenvalue weighted by atomic mass is 10.3. The normalized spacial score (nSPS) is 13.3. The van der Waals surface area contributed by atoms with E-state index in [2.05, 4.69) is 30.4 Å². The van der Waals surface area contributed by atoms with E-state index >= 15 is 0 Å². The standard InChI is InChI=1S/C11H25N3O3.C3H8S/c1-5-14(6-7-16-4)8-9(2)17-11(15)10(3)13-12;1-3-4-2/h9-10,13H,5-8,12H2,1-4H3;3H2,1-2H3. The van der Waals surface area contributed by atoms with Crippen LogP contribution in [-0.2, 0) is 14.3 Å². The summed E-state index contributed by atoms with van der Waals surface area (Å²) in [6.45, 7) is 10.8. The fourth-order valence-corrected chi connectivity index (χ4v) is 1.37. The monoisotopic (exact) mass is 323 g/mol. The number of carbonyl (C=O) groups excluding carboxylic acids is 1. The second-order valence-corrected chi connectivity index (χ2v) is 5.75. The highest BCUT2D eigenvalue weighted by Gasteiger charge is 2.17. The summed E-state index contributed by atoms with van der Waals surface area (Å²) in [4.78, 5) is 13.6. The number of nitrogens with two attached hydrogens (primary N) is 1. The summed E-state index contributed by atoms with van der Waals surface area (Å²) in [5, 5.41) is 0. The second kappa shape index (κ2) is 16.0. The minimum absolute atomic E-state index is 0.157. The molecule has 0 spiro atoms. The first-order chi connectivity index (χ1) is 9.96. The molecule has 6 nitrogen and oxygen atoms in total. The van der Waals surface area contributed by atoms with Crippen LogP contribution < -0.4 is 11.3 Å². The SMILES string of the molecule is CCN(CCOC)CC(C)OC(=O)C(C)NN.CCSC. The Balaban J connectivity index is 0. The highest BCUT2D eigenvalue weighted by molar-refractivity contribution is 7.98. The quantitative estimate of drug-likeness (QED) is 0.354. The van der Waals surface area contributed by atoms with Crippen LogP contribution in [0.3, 0.4) is 0 Å². The van der Waals surface area contributed by atoms with Crippen molar-refractivity contribution in [2.24, 2.45) is 5.84 Å². The van der Waals surface area contributed by atoms with Crippen molar-refractivity contribution in [3.8, 4) is 0 Å². The zero-order chi connectivity index (χ0) is 16.7. The number of thioether (sulfide) groups is 1. The molecular formula is C14H33N3O3S. The molecule has 3 N–H and O–H groups in total. The average molecular weight is 324 g/mol. The number of nitrogens with one attached hydrogen (secondary N) is 1. The number of rotatable bonds is 10. The minimum atomic E-state index is -0.480. The van der Waals surface area contributed by atoms with Crippen molar-refractivity contribution >= 4 is 17.7 Å². The molecule has 128 valence electrons. The molecule has 2 unspecified atom stereocenters. The van der Waals surface area contributed by atoms with Crippen molar-refractivity contribution < 1.29 is 14.3 Å². The van der Waals surface area contributed by atoms with Gasteiger partial charge in [0.2, 0.25) is 0 Å². The number of likely N-dealkylation sites (N-methyl/N-ethyl adjacent to an activating group) is 1. The van der Waals surface area contributed by atoms with E-state index in [4.69, 9.17) is 15.3 Å². The van der Waals surface area contributed by atoms with Crippen LogP contribution in [0.1, 0.15) is 27.7 Å². The van der Waals surface area contributed by atoms with E-state index in [-0.39, 0.29) is 12.1 Å². The molecule has 0 aliphatic heterocycles. The Morgan fingerprint density at radius 1 is 1.38 bits per heavy atom. The number of hydrogen-bond acceptors (Lipinski definition) is 7. The van der Waals surface area contributed by atoms with E-state index in [0.29, 0.717) is 13.2 Å². The third-order valence-electron chi connectivity index (χ3n) is 2.78. The lowest BCUT2D eigenvalue weighted by Gasteiger charge is -2.24. The number of esters is 1. The van der Waals surface area contributed by atoms with Gasteiger partial charge >= 0.3 is 5.97 Å². The van der Waals surface area contributed by atoms with Gasteiger partial charge in [-0.2, -0.15) is 11.8 Å². The van der Waals surface area contributed by atoms with Gasteiger partial charge in [-0.1, -0.05) is 13.8 Å². The Hall–Kier alpha value is -0.340. The van der Waals surface area contributed by atoms with Crippen LogP contribution in [-0.4, -0.2) is 68.4 Å². The summed E-state index contributed by atoms with van der Waals surface area (Å²) in [6.07, 6.45) is 1.94. The molecule has 0 fully saturated rings. The zero-order valence-electron chi connectivity index (χ0n) is 14.3. The highest BCUT2D eigenvalue weighted by Crippen LogP contribution is 1.99. The van der Waals surface area contributed by atoms with Crippen LogP contribution >= 0.6 is 11.8 Å². The topological polar surface area (TPSA) is 76.8 Å². The third-order valence-corrected chi connectivity index (χ3v) is 3.36. The summed E-state index contributed by atoms with van der Waals surface area (Å²) in [6, 6.07) is -0.480. The smallest absolute Gasteiger partial charge is 0.324 e. The molecule has 0 saturated heterocycles. The molecule has 0 saturated carbocycles. The van der Waals surface area contributed by atoms with E-state index in [9.17, 15) is 4.79 Å². The summed E-state index contributed by atoms with van der Waals surface area (Å²) in [5.74, 6) is 6.07. The van der Waals surface area contributed by atoms with Gasteiger partial charge in [0.05, 0.1) is 6.61 Å². The molecular weight excluding hydrogens is 290 g/mol. The first-order valence-corrected chi connectivity index (χ1v) is 8.72. The molecule has 21 heavy (non-hydrogen) atoms. The average Bonchev–Trinajstić information content (AvgIpc) is 2.50. The van der Waals surface area contributed by atoms with Gasteiger partial charge in [-0.3, -0.25) is 15.5 Å². The first kappa shape index (κ1) is 22.9. The number of hydrogen-bond donors (Lipinski definition) is 2. The van der Waals surface area contributed by atoms with Crippen molar-refractivity contribution in [1.29, 1.82) is 0 Å².